The van der Waals surface area contributed by atoms with Crippen molar-refractivity contribution in [1.29, 1.82) is 0 Å². The maximum absolute atomic E-state index is 11.8. The number of benzene rings is 1. The van der Waals surface area contributed by atoms with E-state index in [2.05, 4.69) is 6.92 Å². The second-order valence-corrected chi connectivity index (χ2v) is 7.84. The molecule has 0 heterocycles. The van der Waals surface area contributed by atoms with Crippen LogP contribution in [-0.2, 0) is 9.53 Å². The van der Waals surface area contributed by atoms with Crippen LogP contribution in [0.25, 0.3) is 6.08 Å². The van der Waals surface area contributed by atoms with E-state index < -0.39 is 0 Å². The molecular formula is C26H42O3. The molecule has 0 unspecified atom stereocenters. The highest BCUT2D eigenvalue weighted by molar-refractivity contribution is 5.87. The van der Waals surface area contributed by atoms with Crippen molar-refractivity contribution in [3.8, 4) is 5.75 Å². The van der Waals surface area contributed by atoms with Gasteiger partial charge < -0.3 is 9.47 Å². The number of rotatable bonds is 18. The number of hydrogen-bond acceptors (Lipinski definition) is 3. The van der Waals surface area contributed by atoms with Crippen LogP contribution < -0.4 is 4.74 Å². The van der Waals surface area contributed by atoms with Gasteiger partial charge >= 0.3 is 5.97 Å². The summed E-state index contributed by atoms with van der Waals surface area (Å²) >= 11 is 0. The number of carbonyl (C=O) groups excluding carboxylic acids is 1. The summed E-state index contributed by atoms with van der Waals surface area (Å²) in [7, 11) is 1.63. The van der Waals surface area contributed by atoms with E-state index in [1.165, 1.54) is 83.1 Å². The molecule has 164 valence electrons. The molecule has 0 bridgehead atoms. The van der Waals surface area contributed by atoms with E-state index in [9.17, 15) is 4.79 Å². The van der Waals surface area contributed by atoms with Crippen LogP contribution in [0.15, 0.2) is 30.3 Å². The highest BCUT2D eigenvalue weighted by Gasteiger charge is 2.00. The van der Waals surface area contributed by atoms with Gasteiger partial charge in [-0.3, -0.25) is 0 Å². The quantitative estimate of drug-likeness (QED) is 0.143. The molecule has 0 amide bonds. The van der Waals surface area contributed by atoms with Crippen LogP contribution in [-0.4, -0.2) is 19.7 Å². The topological polar surface area (TPSA) is 35.5 Å². The van der Waals surface area contributed by atoms with Gasteiger partial charge in [0.25, 0.3) is 0 Å². The first-order valence-corrected chi connectivity index (χ1v) is 11.8. The standard InChI is InChI=1S/C26H42O3/c1-3-4-5-6-7-8-9-10-11-12-13-14-15-18-23-29-26(27)22-21-24-19-16-17-20-25(24)28-2/h16-17,19-22H,3-15,18,23H2,1-2H3/b22-21+. The summed E-state index contributed by atoms with van der Waals surface area (Å²) < 4.78 is 10.5. The van der Waals surface area contributed by atoms with Crippen LogP contribution in [0, 0.1) is 0 Å². The summed E-state index contributed by atoms with van der Waals surface area (Å²) in [5.74, 6) is 0.467. The molecule has 0 N–H and O–H groups in total. The summed E-state index contributed by atoms with van der Waals surface area (Å²) in [6.07, 6.45) is 21.8. The molecule has 0 radical (unpaired) electrons. The van der Waals surface area contributed by atoms with Gasteiger partial charge in [-0.05, 0) is 18.6 Å². The lowest BCUT2D eigenvalue weighted by Gasteiger charge is -2.04. The number of ether oxygens (including phenoxy) is 2. The Morgan fingerprint density at radius 3 is 1.86 bits per heavy atom. The molecule has 1 aromatic rings. The number of methoxy groups -OCH3 is 1. The molecule has 29 heavy (non-hydrogen) atoms. The molecule has 0 saturated carbocycles. The van der Waals surface area contributed by atoms with Crippen LogP contribution in [0.3, 0.4) is 0 Å². The Morgan fingerprint density at radius 1 is 0.793 bits per heavy atom. The van der Waals surface area contributed by atoms with Gasteiger partial charge in [-0.1, -0.05) is 109 Å². The van der Waals surface area contributed by atoms with E-state index >= 15 is 0 Å². The molecule has 0 fully saturated rings. The molecular weight excluding hydrogens is 360 g/mol. The minimum absolute atomic E-state index is 0.286. The molecule has 3 nitrogen and oxygen atoms in total. The number of esters is 1. The summed E-state index contributed by atoms with van der Waals surface area (Å²) in [5.41, 5.74) is 0.878. The predicted octanol–water partition coefficient (Wildman–Crippen LogP) is 7.73. The number of carbonyl (C=O) groups is 1. The van der Waals surface area contributed by atoms with Crippen molar-refractivity contribution in [2.75, 3.05) is 13.7 Å². The largest absolute Gasteiger partial charge is 0.496 e. The van der Waals surface area contributed by atoms with E-state index in [-0.39, 0.29) is 5.97 Å². The molecule has 1 aromatic carbocycles. The third-order valence-electron chi connectivity index (χ3n) is 5.28. The van der Waals surface area contributed by atoms with Crippen molar-refractivity contribution in [2.24, 2.45) is 0 Å². The zero-order chi connectivity index (χ0) is 21.0. The number of unbranched alkanes of at least 4 members (excludes halogenated alkanes) is 13. The van der Waals surface area contributed by atoms with Crippen molar-refractivity contribution < 1.29 is 14.3 Å². The molecule has 0 aliphatic rings. The smallest absolute Gasteiger partial charge is 0.330 e. The Kier molecular flexibility index (Phi) is 15.9. The fourth-order valence-corrected chi connectivity index (χ4v) is 3.48. The van der Waals surface area contributed by atoms with Crippen molar-refractivity contribution in [1.82, 2.24) is 0 Å². The lowest BCUT2D eigenvalue weighted by molar-refractivity contribution is -0.137. The van der Waals surface area contributed by atoms with Gasteiger partial charge in [0.15, 0.2) is 0 Å². The molecule has 0 spiro atoms. The molecule has 0 saturated heterocycles. The first-order valence-electron chi connectivity index (χ1n) is 11.8. The Labute approximate surface area is 178 Å². The third-order valence-corrected chi connectivity index (χ3v) is 5.28. The van der Waals surface area contributed by atoms with Crippen molar-refractivity contribution in [3.05, 3.63) is 35.9 Å². The highest BCUT2D eigenvalue weighted by Crippen LogP contribution is 2.18. The van der Waals surface area contributed by atoms with Crippen molar-refractivity contribution in [2.45, 2.75) is 96.8 Å². The fraction of sp³-hybridized carbons (Fsp3) is 0.654. The lowest BCUT2D eigenvalue weighted by atomic mass is 10.0. The van der Waals surface area contributed by atoms with Gasteiger partial charge in [0.05, 0.1) is 13.7 Å². The maximum atomic E-state index is 11.8. The van der Waals surface area contributed by atoms with E-state index in [4.69, 9.17) is 9.47 Å². The molecule has 1 rings (SSSR count). The van der Waals surface area contributed by atoms with Crippen LogP contribution in [0.2, 0.25) is 0 Å². The minimum atomic E-state index is -0.286. The number of para-hydroxylation sites is 1. The maximum Gasteiger partial charge on any atom is 0.330 e. The Bertz CT molecular complexity index is 551. The molecule has 3 heteroatoms. The third kappa shape index (κ3) is 13.9. The van der Waals surface area contributed by atoms with E-state index in [0.717, 1.165) is 24.2 Å². The Morgan fingerprint density at radius 2 is 1.31 bits per heavy atom. The van der Waals surface area contributed by atoms with Gasteiger partial charge in [-0.15, -0.1) is 0 Å². The summed E-state index contributed by atoms with van der Waals surface area (Å²) in [4.78, 5) is 11.8. The van der Waals surface area contributed by atoms with E-state index in [1.807, 2.05) is 24.3 Å². The average molecular weight is 403 g/mol. The minimum Gasteiger partial charge on any atom is -0.496 e. The number of hydrogen-bond donors (Lipinski definition) is 0. The second-order valence-electron chi connectivity index (χ2n) is 7.84. The molecule has 0 atom stereocenters. The van der Waals surface area contributed by atoms with E-state index in [1.54, 1.807) is 13.2 Å². The Hall–Kier alpha value is -1.77. The van der Waals surface area contributed by atoms with Crippen LogP contribution >= 0.6 is 0 Å². The highest BCUT2D eigenvalue weighted by atomic mass is 16.5. The lowest BCUT2D eigenvalue weighted by Crippen LogP contribution is -2.02. The molecule has 0 aromatic heterocycles. The predicted molar refractivity (Wildman–Crippen MR) is 123 cm³/mol. The first kappa shape index (κ1) is 25.3. The molecule has 0 aliphatic carbocycles. The normalized spacial score (nSPS) is 11.1. The second kappa shape index (κ2) is 18.3. The van der Waals surface area contributed by atoms with Crippen LogP contribution in [0.1, 0.15) is 102 Å². The Balaban J connectivity index is 1.90. The van der Waals surface area contributed by atoms with Gasteiger partial charge in [-0.2, -0.15) is 0 Å². The molecule has 0 aliphatic heterocycles. The summed E-state index contributed by atoms with van der Waals surface area (Å²) in [5, 5.41) is 0. The first-order chi connectivity index (χ1) is 14.3. The monoisotopic (exact) mass is 402 g/mol. The SMILES string of the molecule is CCCCCCCCCCCCCCCCOC(=O)/C=C/c1ccccc1OC. The van der Waals surface area contributed by atoms with E-state index in [0.29, 0.717) is 6.61 Å². The van der Waals surface area contributed by atoms with Gasteiger partial charge in [0.1, 0.15) is 5.75 Å². The zero-order valence-electron chi connectivity index (χ0n) is 18.8. The zero-order valence-corrected chi connectivity index (χ0v) is 18.8. The van der Waals surface area contributed by atoms with Crippen LogP contribution in [0.4, 0.5) is 0 Å². The fourth-order valence-electron chi connectivity index (χ4n) is 3.48. The van der Waals surface area contributed by atoms with Crippen LogP contribution in [0.5, 0.6) is 5.75 Å². The van der Waals surface area contributed by atoms with Gasteiger partial charge in [0.2, 0.25) is 0 Å². The summed E-state index contributed by atoms with van der Waals surface area (Å²) in [6.45, 7) is 2.78. The average Bonchev–Trinajstić information content (AvgIpc) is 2.75. The summed E-state index contributed by atoms with van der Waals surface area (Å²) in [6, 6.07) is 7.61. The van der Waals surface area contributed by atoms with Crippen molar-refractivity contribution in [3.63, 3.8) is 0 Å². The van der Waals surface area contributed by atoms with Gasteiger partial charge in [0, 0.05) is 11.6 Å². The van der Waals surface area contributed by atoms with Crippen molar-refractivity contribution >= 4 is 12.0 Å². The van der Waals surface area contributed by atoms with Gasteiger partial charge in [-0.25, -0.2) is 4.79 Å².